The van der Waals surface area contributed by atoms with Crippen molar-refractivity contribution in [1.82, 2.24) is 0 Å². The van der Waals surface area contributed by atoms with Crippen molar-refractivity contribution in [1.29, 1.82) is 5.26 Å². The molecule has 1 aromatic carbocycles. The van der Waals surface area contributed by atoms with Crippen LogP contribution in [0.3, 0.4) is 0 Å². The van der Waals surface area contributed by atoms with Crippen molar-refractivity contribution in [2.45, 2.75) is 13.3 Å². The number of hydrogen-bond acceptors (Lipinski definition) is 1. The summed E-state index contributed by atoms with van der Waals surface area (Å²) in [6, 6.07) is 5.93. The number of aryl methyl sites for hydroxylation is 1. The maximum absolute atomic E-state index is 8.50. The van der Waals surface area contributed by atoms with Gasteiger partial charge in [-0.3, -0.25) is 0 Å². The summed E-state index contributed by atoms with van der Waals surface area (Å²) in [7, 11) is 0. The van der Waals surface area contributed by atoms with E-state index in [-0.39, 0.29) is 0 Å². The summed E-state index contributed by atoms with van der Waals surface area (Å²) in [5, 5.41) is 9.14. The molecule has 1 nitrogen and oxygen atoms in total. The second kappa shape index (κ2) is 3.93. The molecule has 0 unspecified atom stereocenters. The molecule has 0 saturated carbocycles. The summed E-state index contributed by atoms with van der Waals surface area (Å²) in [5.74, 6) is 0. The minimum absolute atomic E-state index is 0.360. The van der Waals surface area contributed by atoms with E-state index in [1.54, 1.807) is 0 Å². The summed E-state index contributed by atoms with van der Waals surface area (Å²) in [6.07, 6.45) is 0.360. The Morgan fingerprint density at radius 3 is 2.83 bits per heavy atom. The summed E-state index contributed by atoms with van der Waals surface area (Å²) in [4.78, 5) is 0. The van der Waals surface area contributed by atoms with Crippen LogP contribution < -0.4 is 0 Å². The molecule has 1 aromatic rings. The van der Waals surface area contributed by atoms with Crippen molar-refractivity contribution in [2.75, 3.05) is 0 Å². The summed E-state index contributed by atoms with van der Waals surface area (Å²) < 4.78 is 0.856. The molecule has 0 amide bonds. The van der Waals surface area contributed by atoms with Gasteiger partial charge in [-0.2, -0.15) is 5.26 Å². The normalized spacial score (nSPS) is 9.50. The molecule has 0 bridgehead atoms. The Labute approximate surface area is 85.1 Å². The Kier molecular flexibility index (Phi) is 3.13. The van der Waals surface area contributed by atoms with Crippen LogP contribution in [0.4, 0.5) is 0 Å². The van der Waals surface area contributed by atoms with Gasteiger partial charge in [0, 0.05) is 4.47 Å². The molecular weight excluding hydrogens is 237 g/mol. The first-order valence-electron chi connectivity index (χ1n) is 3.46. The van der Waals surface area contributed by atoms with E-state index in [9.17, 15) is 0 Å². The molecule has 0 N–H and O–H groups in total. The third-order valence-corrected chi connectivity index (χ3v) is 2.82. The van der Waals surface area contributed by atoms with Crippen LogP contribution in [0.2, 0.25) is 5.02 Å². The summed E-state index contributed by atoms with van der Waals surface area (Å²) in [6.45, 7) is 1.97. The first kappa shape index (κ1) is 9.57. The highest BCUT2D eigenvalue weighted by atomic mass is 79.9. The highest BCUT2D eigenvalue weighted by molar-refractivity contribution is 9.10. The molecule has 0 aliphatic carbocycles. The second-order valence-electron chi connectivity index (χ2n) is 2.55. The fourth-order valence-corrected chi connectivity index (χ4v) is 1.80. The van der Waals surface area contributed by atoms with Gasteiger partial charge in [-0.05, 0) is 40.0 Å². The number of halogens is 2. The van der Waals surface area contributed by atoms with E-state index in [0.717, 1.165) is 15.6 Å². The molecule has 0 aliphatic rings. The van der Waals surface area contributed by atoms with E-state index < -0.39 is 0 Å². The van der Waals surface area contributed by atoms with Gasteiger partial charge in [0.25, 0.3) is 0 Å². The zero-order valence-corrected chi connectivity index (χ0v) is 8.91. The van der Waals surface area contributed by atoms with E-state index in [1.165, 1.54) is 0 Å². The molecule has 3 heteroatoms. The third kappa shape index (κ3) is 2.00. The third-order valence-electron chi connectivity index (χ3n) is 1.52. The van der Waals surface area contributed by atoms with Gasteiger partial charge >= 0.3 is 0 Å². The quantitative estimate of drug-likeness (QED) is 0.742. The Morgan fingerprint density at radius 2 is 2.25 bits per heavy atom. The number of rotatable bonds is 1. The zero-order valence-electron chi connectivity index (χ0n) is 6.56. The molecule has 0 fully saturated rings. The van der Waals surface area contributed by atoms with Gasteiger partial charge in [0.1, 0.15) is 0 Å². The van der Waals surface area contributed by atoms with Crippen LogP contribution >= 0.6 is 27.5 Å². The average molecular weight is 245 g/mol. The lowest BCUT2D eigenvalue weighted by Crippen LogP contribution is -1.86. The molecule has 0 radical (unpaired) electrons. The van der Waals surface area contributed by atoms with Crippen molar-refractivity contribution in [3.63, 3.8) is 0 Å². The SMILES string of the molecule is Cc1cc(Br)c(Cl)c(CC#N)c1. The lowest BCUT2D eigenvalue weighted by molar-refractivity contribution is 1.24. The van der Waals surface area contributed by atoms with Gasteiger partial charge in [-0.1, -0.05) is 17.7 Å². The number of nitriles is 1. The molecule has 12 heavy (non-hydrogen) atoms. The van der Waals surface area contributed by atoms with Crippen LogP contribution in [-0.4, -0.2) is 0 Å². The van der Waals surface area contributed by atoms with E-state index in [0.29, 0.717) is 11.4 Å². The molecule has 62 valence electrons. The van der Waals surface area contributed by atoms with Gasteiger partial charge < -0.3 is 0 Å². The van der Waals surface area contributed by atoms with Crippen molar-refractivity contribution in [3.05, 3.63) is 32.8 Å². The van der Waals surface area contributed by atoms with Crippen molar-refractivity contribution >= 4 is 27.5 Å². The molecule has 0 heterocycles. The summed E-state index contributed by atoms with van der Waals surface area (Å²) >= 11 is 9.27. The van der Waals surface area contributed by atoms with Crippen molar-refractivity contribution < 1.29 is 0 Å². The minimum atomic E-state index is 0.360. The standard InChI is InChI=1S/C9H7BrClN/c1-6-4-7(2-3-12)9(11)8(10)5-6/h4-5H,2H2,1H3. The van der Waals surface area contributed by atoms with Crippen molar-refractivity contribution in [2.24, 2.45) is 0 Å². The van der Waals surface area contributed by atoms with Gasteiger partial charge in [-0.15, -0.1) is 0 Å². The monoisotopic (exact) mass is 243 g/mol. The van der Waals surface area contributed by atoms with E-state index in [1.807, 2.05) is 19.1 Å². The average Bonchev–Trinajstić information content (AvgIpc) is 2.00. The fraction of sp³-hybridized carbons (Fsp3) is 0.222. The van der Waals surface area contributed by atoms with Gasteiger partial charge in [-0.25, -0.2) is 0 Å². The van der Waals surface area contributed by atoms with Crippen molar-refractivity contribution in [3.8, 4) is 6.07 Å². The first-order valence-corrected chi connectivity index (χ1v) is 4.63. The number of benzene rings is 1. The lowest BCUT2D eigenvalue weighted by Gasteiger charge is -2.03. The maximum Gasteiger partial charge on any atom is 0.0670 e. The maximum atomic E-state index is 8.50. The van der Waals surface area contributed by atoms with E-state index in [2.05, 4.69) is 22.0 Å². The van der Waals surface area contributed by atoms with Gasteiger partial charge in [0.2, 0.25) is 0 Å². The first-order chi connectivity index (χ1) is 5.65. The molecule has 0 spiro atoms. The van der Waals surface area contributed by atoms with Crippen LogP contribution in [0.1, 0.15) is 11.1 Å². The lowest BCUT2D eigenvalue weighted by atomic mass is 10.1. The highest BCUT2D eigenvalue weighted by Crippen LogP contribution is 2.27. The van der Waals surface area contributed by atoms with Gasteiger partial charge in [0.05, 0.1) is 17.5 Å². The Bertz CT molecular complexity index is 341. The van der Waals surface area contributed by atoms with Crippen LogP contribution in [0.5, 0.6) is 0 Å². The molecular formula is C9H7BrClN. The Balaban J connectivity index is 3.20. The zero-order chi connectivity index (χ0) is 9.14. The fourth-order valence-electron chi connectivity index (χ4n) is 1.01. The second-order valence-corrected chi connectivity index (χ2v) is 3.79. The smallest absolute Gasteiger partial charge is 0.0670 e. The Morgan fingerprint density at radius 1 is 1.58 bits per heavy atom. The molecule has 1 rings (SSSR count). The van der Waals surface area contributed by atoms with Gasteiger partial charge in [0.15, 0.2) is 0 Å². The van der Waals surface area contributed by atoms with Crippen LogP contribution in [-0.2, 0) is 6.42 Å². The predicted octanol–water partition coefficient (Wildman–Crippen LogP) is 3.48. The topological polar surface area (TPSA) is 23.8 Å². The predicted molar refractivity (Wildman–Crippen MR) is 53.2 cm³/mol. The summed E-state index contributed by atoms with van der Waals surface area (Å²) in [5.41, 5.74) is 1.99. The molecule has 0 aliphatic heterocycles. The largest absolute Gasteiger partial charge is 0.198 e. The molecule has 0 saturated heterocycles. The van der Waals surface area contributed by atoms with E-state index >= 15 is 0 Å². The van der Waals surface area contributed by atoms with Crippen LogP contribution in [0.15, 0.2) is 16.6 Å². The number of nitrogens with zero attached hydrogens (tertiary/aromatic N) is 1. The van der Waals surface area contributed by atoms with Crippen LogP contribution in [0.25, 0.3) is 0 Å². The van der Waals surface area contributed by atoms with E-state index in [4.69, 9.17) is 16.9 Å². The highest BCUT2D eigenvalue weighted by Gasteiger charge is 2.04. The molecule has 0 atom stereocenters. The van der Waals surface area contributed by atoms with Crippen LogP contribution in [0, 0.1) is 18.3 Å². The molecule has 0 aromatic heterocycles. The Hall–Kier alpha value is -0.520. The minimum Gasteiger partial charge on any atom is -0.198 e. The number of hydrogen-bond donors (Lipinski definition) is 0.